The van der Waals surface area contributed by atoms with Crippen molar-refractivity contribution in [3.63, 3.8) is 0 Å². The van der Waals surface area contributed by atoms with E-state index < -0.39 is 5.92 Å². The number of thiophene rings is 1. The second-order valence-corrected chi connectivity index (χ2v) is 10.5. The number of aromatic nitrogens is 1. The van der Waals surface area contributed by atoms with Crippen LogP contribution in [0.15, 0.2) is 41.6 Å². The number of anilines is 4. The third-order valence-corrected chi connectivity index (χ3v) is 8.76. The fourth-order valence-corrected chi connectivity index (χ4v) is 7.26. The number of nitrogens with zero attached hydrogens (tertiary/aromatic N) is 4. The summed E-state index contributed by atoms with van der Waals surface area (Å²) in [6, 6.07) is 14.3. The summed E-state index contributed by atoms with van der Waals surface area (Å²) < 4.78 is 0. The molecule has 1 atom stereocenters. The molecule has 3 heterocycles. The van der Waals surface area contributed by atoms with Gasteiger partial charge in [0.1, 0.15) is 34.3 Å². The minimum atomic E-state index is -0.458. The minimum absolute atomic E-state index is 0.0524. The number of benzene rings is 1. The Morgan fingerprint density at radius 3 is 2.47 bits per heavy atom. The van der Waals surface area contributed by atoms with Crippen LogP contribution in [-0.2, 0) is 17.6 Å². The zero-order valence-corrected chi connectivity index (χ0v) is 20.5. The van der Waals surface area contributed by atoms with Crippen LogP contribution in [0.3, 0.4) is 0 Å². The molecule has 1 aromatic carbocycles. The molecule has 8 heteroatoms. The highest BCUT2D eigenvalue weighted by atomic mass is 32.1. The monoisotopic (exact) mass is 492 g/mol. The minimum Gasteiger partial charge on any atom is -0.397 e. The lowest BCUT2D eigenvalue weighted by atomic mass is 9.74. The fourth-order valence-electron chi connectivity index (χ4n) is 5.90. The molecular formula is C28H24N6OS. The van der Waals surface area contributed by atoms with Gasteiger partial charge in [0.2, 0.25) is 0 Å². The van der Waals surface area contributed by atoms with Gasteiger partial charge in [-0.25, -0.2) is 4.98 Å². The van der Waals surface area contributed by atoms with Crippen LogP contribution in [0.2, 0.25) is 0 Å². The molecule has 0 fully saturated rings. The number of nitrogen functional groups attached to an aromatic ring is 2. The van der Waals surface area contributed by atoms with Crippen molar-refractivity contribution in [3.05, 3.63) is 74.3 Å². The second-order valence-electron chi connectivity index (χ2n) is 9.45. The number of pyridine rings is 1. The Bertz CT molecular complexity index is 1540. The Hall–Kier alpha value is -4.14. The van der Waals surface area contributed by atoms with Crippen LogP contribution in [0.1, 0.15) is 70.7 Å². The third kappa shape index (κ3) is 3.15. The number of ketones is 1. The molecule has 1 aliphatic heterocycles. The lowest BCUT2D eigenvalue weighted by molar-refractivity contribution is -0.116. The van der Waals surface area contributed by atoms with Gasteiger partial charge in [-0.15, -0.1) is 11.3 Å². The van der Waals surface area contributed by atoms with Crippen molar-refractivity contribution in [1.82, 2.24) is 4.98 Å². The largest absolute Gasteiger partial charge is 0.397 e. The van der Waals surface area contributed by atoms with Crippen LogP contribution in [0.4, 0.5) is 22.3 Å². The number of carbonyl (C=O) groups is 1. The Morgan fingerprint density at radius 1 is 0.972 bits per heavy atom. The molecule has 6 rings (SSSR count). The first kappa shape index (κ1) is 22.3. The van der Waals surface area contributed by atoms with Gasteiger partial charge in [0.05, 0.1) is 11.3 Å². The topological polar surface area (TPSA) is 133 Å². The number of hydrogen-bond donors (Lipinski definition) is 2. The molecule has 2 aromatic heterocycles. The summed E-state index contributed by atoms with van der Waals surface area (Å²) in [4.78, 5) is 21.5. The Labute approximate surface area is 213 Å². The summed E-state index contributed by atoms with van der Waals surface area (Å²) in [6.45, 7) is 0. The normalized spacial score (nSPS) is 18.7. The van der Waals surface area contributed by atoms with Gasteiger partial charge in [0.25, 0.3) is 0 Å². The van der Waals surface area contributed by atoms with E-state index >= 15 is 0 Å². The van der Waals surface area contributed by atoms with Crippen molar-refractivity contribution >= 4 is 39.4 Å². The maximum absolute atomic E-state index is 13.6. The number of Topliss-reactive ketones (excluding diaryl/α,β-unsaturated/α-hetero) is 1. The summed E-state index contributed by atoms with van der Waals surface area (Å²) in [5, 5.41) is 20.9. The van der Waals surface area contributed by atoms with E-state index in [1.165, 1.54) is 4.88 Å². The highest BCUT2D eigenvalue weighted by molar-refractivity contribution is 7.16. The average Bonchev–Trinajstić information content (AvgIpc) is 3.26. The Morgan fingerprint density at radius 2 is 1.72 bits per heavy atom. The predicted octanol–water partition coefficient (Wildman–Crippen LogP) is 5.22. The number of nitriles is 2. The third-order valence-electron chi connectivity index (χ3n) is 7.48. The van der Waals surface area contributed by atoms with Crippen LogP contribution < -0.4 is 16.4 Å². The summed E-state index contributed by atoms with van der Waals surface area (Å²) in [5.41, 5.74) is 18.1. The molecule has 2 aliphatic carbocycles. The van der Waals surface area contributed by atoms with Crippen molar-refractivity contribution in [2.45, 2.75) is 50.9 Å². The lowest BCUT2D eigenvalue weighted by Gasteiger charge is -2.40. The molecule has 0 saturated carbocycles. The molecule has 36 heavy (non-hydrogen) atoms. The summed E-state index contributed by atoms with van der Waals surface area (Å²) >= 11 is 1.60. The van der Waals surface area contributed by atoms with Gasteiger partial charge >= 0.3 is 0 Å². The average molecular weight is 493 g/mol. The number of fused-ring (bicyclic) bond motifs is 2. The van der Waals surface area contributed by atoms with Crippen LogP contribution in [0.25, 0.3) is 0 Å². The van der Waals surface area contributed by atoms with E-state index in [0.717, 1.165) is 53.9 Å². The zero-order valence-electron chi connectivity index (χ0n) is 19.7. The first-order valence-corrected chi connectivity index (χ1v) is 13.0. The molecule has 178 valence electrons. The molecule has 7 nitrogen and oxygen atoms in total. The fraction of sp³-hybridized carbons (Fsp3) is 0.286. The highest BCUT2D eigenvalue weighted by Crippen LogP contribution is 2.55. The van der Waals surface area contributed by atoms with E-state index in [2.05, 4.69) is 12.1 Å². The van der Waals surface area contributed by atoms with E-state index in [-0.39, 0.29) is 22.9 Å². The number of allylic oxidation sites excluding steroid dienone is 2. The Balaban J connectivity index is 1.72. The molecule has 4 N–H and O–H groups in total. The number of carbonyl (C=O) groups excluding carboxylic acids is 1. The van der Waals surface area contributed by atoms with Gasteiger partial charge in [0.15, 0.2) is 5.78 Å². The van der Waals surface area contributed by atoms with Crippen molar-refractivity contribution in [3.8, 4) is 12.1 Å². The second kappa shape index (κ2) is 8.51. The SMILES string of the molecule is N#Cc1c(N)nc2c(c1N)[C@@H](c1ccccc1)C1=C(CCCC1=O)N2c1sc2c(c1C#N)CCCC2. The molecule has 0 unspecified atom stereocenters. The molecule has 0 saturated heterocycles. The molecule has 0 amide bonds. The van der Waals surface area contributed by atoms with Crippen molar-refractivity contribution in [1.29, 1.82) is 10.5 Å². The van der Waals surface area contributed by atoms with Gasteiger partial charge in [-0.05, 0) is 49.7 Å². The maximum atomic E-state index is 13.6. The quantitative estimate of drug-likeness (QED) is 0.501. The van der Waals surface area contributed by atoms with Gasteiger partial charge in [-0.1, -0.05) is 30.3 Å². The van der Waals surface area contributed by atoms with Crippen molar-refractivity contribution in [2.75, 3.05) is 16.4 Å². The van der Waals surface area contributed by atoms with E-state index in [0.29, 0.717) is 35.4 Å². The molecule has 0 spiro atoms. The maximum Gasteiger partial charge on any atom is 0.161 e. The molecule has 0 bridgehead atoms. The first-order chi connectivity index (χ1) is 17.5. The number of nitrogens with two attached hydrogens (primary N) is 2. The Kier molecular flexibility index (Phi) is 5.28. The van der Waals surface area contributed by atoms with Crippen LogP contribution in [-0.4, -0.2) is 10.8 Å². The molecule has 3 aromatic rings. The van der Waals surface area contributed by atoms with Crippen LogP contribution in [0.5, 0.6) is 0 Å². The smallest absolute Gasteiger partial charge is 0.161 e. The zero-order chi connectivity index (χ0) is 25.0. The number of hydrogen-bond acceptors (Lipinski definition) is 8. The van der Waals surface area contributed by atoms with Crippen molar-refractivity contribution < 1.29 is 4.79 Å². The van der Waals surface area contributed by atoms with E-state index in [4.69, 9.17) is 16.5 Å². The van der Waals surface area contributed by atoms with Gasteiger partial charge in [-0.3, -0.25) is 9.69 Å². The summed E-state index contributed by atoms with van der Waals surface area (Å²) in [5.74, 6) is 0.175. The van der Waals surface area contributed by atoms with Crippen LogP contribution >= 0.6 is 11.3 Å². The van der Waals surface area contributed by atoms with E-state index in [1.807, 2.05) is 35.2 Å². The van der Waals surface area contributed by atoms with Gasteiger partial charge in [-0.2, -0.15) is 10.5 Å². The van der Waals surface area contributed by atoms with Gasteiger partial charge < -0.3 is 11.5 Å². The van der Waals surface area contributed by atoms with E-state index in [1.54, 1.807) is 11.3 Å². The number of aryl methyl sites for hydroxylation is 1. The summed E-state index contributed by atoms with van der Waals surface area (Å²) in [6.07, 6.45) is 5.82. The number of rotatable bonds is 2. The van der Waals surface area contributed by atoms with E-state index in [9.17, 15) is 15.3 Å². The first-order valence-electron chi connectivity index (χ1n) is 12.2. The standard InChI is InChI=1S/C28H24N6OS/c29-13-17-16-9-4-5-12-21(16)36-28(17)34-19-10-6-11-20(35)23(19)22(15-7-2-1-3-8-15)24-25(31)18(14-30)26(32)33-27(24)34/h1-3,7-8,22H,4-6,9-12H2,(H4,31,32,33)/t22-/m0/s1. The van der Waals surface area contributed by atoms with Gasteiger partial charge in [0, 0.05) is 34.0 Å². The highest BCUT2D eigenvalue weighted by Gasteiger charge is 2.43. The van der Waals surface area contributed by atoms with Crippen LogP contribution in [0, 0.1) is 22.7 Å². The molecule has 3 aliphatic rings. The predicted molar refractivity (Wildman–Crippen MR) is 140 cm³/mol. The molecule has 0 radical (unpaired) electrons. The summed E-state index contributed by atoms with van der Waals surface area (Å²) in [7, 11) is 0. The molecular weight excluding hydrogens is 468 g/mol. The lowest BCUT2D eigenvalue weighted by Crippen LogP contribution is -2.34. The van der Waals surface area contributed by atoms with Crippen molar-refractivity contribution in [2.24, 2.45) is 0 Å².